The van der Waals surface area contributed by atoms with Crippen LogP contribution in [0.4, 0.5) is 5.82 Å². The van der Waals surface area contributed by atoms with Gasteiger partial charge in [0.2, 0.25) is 5.82 Å². The first-order valence-electron chi connectivity index (χ1n) is 17.9. The van der Waals surface area contributed by atoms with E-state index in [1.807, 2.05) is 32.6 Å². The molecule has 280 valence electrons. The monoisotopic (exact) mass is 736 g/mol. The van der Waals surface area contributed by atoms with E-state index < -0.39 is 49.5 Å². The Morgan fingerprint density at radius 1 is 0.837 bits per heavy atom. The summed E-state index contributed by atoms with van der Waals surface area (Å²) < 4.78 is 30.5. The molecule has 2 aromatic heterocycles. The SMILES string of the molecule is CC(C)N(C(=O)c1nc2c(N)ncnc2n1[C@@H]1O[C@H](CO[Si](C)(C)C(C)(C)C)[C@@H](O[Si](C)(C)C(C)(C)C)[C@H]1O[Si](C)(C)C(C)(C)C)C(C)C. The van der Waals surface area contributed by atoms with Crippen molar-refractivity contribution in [2.45, 2.75) is 181 Å². The molecule has 1 amide bonds. The number of fused-ring (bicyclic) bond motifs is 1. The first kappa shape index (κ1) is 41.7. The zero-order valence-electron chi connectivity index (χ0n) is 34.1. The van der Waals surface area contributed by atoms with Crippen LogP contribution >= 0.6 is 0 Å². The molecule has 3 rings (SSSR count). The molecule has 0 radical (unpaired) electrons. The highest BCUT2D eigenvalue weighted by Crippen LogP contribution is 2.47. The number of nitrogens with zero attached hydrogens (tertiary/aromatic N) is 5. The Bertz CT molecular complexity index is 1460. The van der Waals surface area contributed by atoms with Gasteiger partial charge < -0.3 is 28.6 Å². The van der Waals surface area contributed by atoms with Gasteiger partial charge in [-0.2, -0.15) is 0 Å². The molecule has 1 aliphatic heterocycles. The van der Waals surface area contributed by atoms with Crippen LogP contribution in [0.3, 0.4) is 0 Å². The molecule has 0 unspecified atom stereocenters. The van der Waals surface area contributed by atoms with Crippen molar-refractivity contribution in [1.82, 2.24) is 24.4 Å². The minimum Gasteiger partial charge on any atom is -0.414 e. The number of amides is 1. The lowest BCUT2D eigenvalue weighted by Crippen LogP contribution is -2.54. The van der Waals surface area contributed by atoms with E-state index in [0.717, 1.165) is 0 Å². The number of nitrogens with two attached hydrogens (primary N) is 1. The maximum atomic E-state index is 14.6. The van der Waals surface area contributed by atoms with Crippen molar-refractivity contribution in [2.24, 2.45) is 0 Å². The zero-order chi connectivity index (χ0) is 37.9. The van der Waals surface area contributed by atoms with Crippen molar-refractivity contribution >= 4 is 47.8 Å². The highest BCUT2D eigenvalue weighted by Gasteiger charge is 2.56. The summed E-state index contributed by atoms with van der Waals surface area (Å²) in [6.45, 7) is 42.0. The summed E-state index contributed by atoms with van der Waals surface area (Å²) in [5, 5.41) is -0.177. The minimum atomic E-state index is -2.45. The second-order valence-corrected chi connectivity index (χ2v) is 33.3. The smallest absolute Gasteiger partial charge is 0.290 e. The van der Waals surface area contributed by atoms with Crippen LogP contribution in [0.15, 0.2) is 6.33 Å². The molecule has 0 spiro atoms. The Morgan fingerprint density at radius 2 is 1.31 bits per heavy atom. The normalized spacial score (nSPS) is 21.7. The van der Waals surface area contributed by atoms with Gasteiger partial charge in [-0.1, -0.05) is 62.3 Å². The summed E-state index contributed by atoms with van der Waals surface area (Å²) in [5.74, 6) is 0.153. The van der Waals surface area contributed by atoms with Gasteiger partial charge >= 0.3 is 0 Å². The van der Waals surface area contributed by atoms with Gasteiger partial charge in [-0.3, -0.25) is 9.36 Å². The van der Waals surface area contributed by atoms with E-state index in [0.29, 0.717) is 17.8 Å². The average molecular weight is 737 g/mol. The first-order chi connectivity index (χ1) is 21.9. The molecule has 1 fully saturated rings. The Kier molecular flexibility index (Phi) is 12.0. The molecule has 11 nitrogen and oxygen atoms in total. The van der Waals surface area contributed by atoms with Gasteiger partial charge in [0, 0.05) is 12.1 Å². The summed E-state index contributed by atoms with van der Waals surface area (Å²) >= 11 is 0. The summed E-state index contributed by atoms with van der Waals surface area (Å²) in [5.41, 5.74) is 7.18. The lowest BCUT2D eigenvalue weighted by atomic mass is 10.1. The average Bonchev–Trinajstić information content (AvgIpc) is 3.43. The van der Waals surface area contributed by atoms with Gasteiger partial charge in [0.05, 0.1) is 6.61 Å². The van der Waals surface area contributed by atoms with E-state index in [1.54, 1.807) is 4.57 Å². The maximum Gasteiger partial charge on any atom is 0.290 e. The number of carbonyl (C=O) groups excluding carboxylic acids is 1. The van der Waals surface area contributed by atoms with E-state index >= 15 is 0 Å². The summed E-state index contributed by atoms with van der Waals surface area (Å²) in [6.07, 6.45) is -0.928. The number of rotatable bonds is 11. The number of carbonyl (C=O) groups is 1. The fourth-order valence-electron chi connectivity index (χ4n) is 5.36. The third-order valence-electron chi connectivity index (χ3n) is 11.5. The molecular formula is C35H68N6O5Si3. The van der Waals surface area contributed by atoms with Crippen LogP contribution < -0.4 is 5.73 Å². The second kappa shape index (κ2) is 14.0. The van der Waals surface area contributed by atoms with E-state index in [9.17, 15) is 4.79 Å². The molecule has 0 aromatic carbocycles. The third-order valence-corrected chi connectivity index (χ3v) is 24.9. The lowest BCUT2D eigenvalue weighted by molar-refractivity contribution is -0.0482. The van der Waals surface area contributed by atoms with Gasteiger partial charge in [0.25, 0.3) is 5.91 Å². The fraction of sp³-hybridized carbons (Fsp3) is 0.829. The standard InChI is InChI=1S/C35H68N6O5Si3/c1-22(2)40(23(3)4)31(42)30-39-25-28(36)37-21-38-29(25)41(30)32-27(46-49(18,19)35(11,12)13)26(45-48(16,17)34(8,9)10)24(44-32)20-43-47(14,15)33(5,6)7/h21-24,26-27,32H,20H2,1-19H3,(H2,36,37,38)/t24-,26-,27-,32-/m1/s1. The first-order valence-corrected chi connectivity index (χ1v) is 26.6. The van der Waals surface area contributed by atoms with Crippen molar-refractivity contribution in [2.75, 3.05) is 12.3 Å². The van der Waals surface area contributed by atoms with Crippen LogP contribution in [-0.2, 0) is 18.0 Å². The van der Waals surface area contributed by atoms with E-state index in [4.69, 9.17) is 28.7 Å². The molecule has 0 aliphatic carbocycles. The Morgan fingerprint density at radius 3 is 1.76 bits per heavy atom. The van der Waals surface area contributed by atoms with Crippen LogP contribution in [-0.4, -0.2) is 92.3 Å². The Balaban J connectivity index is 2.37. The van der Waals surface area contributed by atoms with Gasteiger partial charge in [-0.05, 0) is 82.1 Å². The van der Waals surface area contributed by atoms with Gasteiger partial charge in [-0.15, -0.1) is 0 Å². The molecular weight excluding hydrogens is 669 g/mol. The Hall–Kier alpha value is -1.69. The highest BCUT2D eigenvalue weighted by molar-refractivity contribution is 6.75. The van der Waals surface area contributed by atoms with Gasteiger partial charge in [0.1, 0.15) is 24.6 Å². The van der Waals surface area contributed by atoms with E-state index in [1.165, 1.54) is 6.33 Å². The van der Waals surface area contributed by atoms with Crippen molar-refractivity contribution < 1.29 is 22.8 Å². The third kappa shape index (κ3) is 8.52. The number of hydrogen-bond acceptors (Lipinski definition) is 9. The van der Waals surface area contributed by atoms with Gasteiger partial charge in [0.15, 0.2) is 48.2 Å². The predicted molar refractivity (Wildman–Crippen MR) is 207 cm³/mol. The minimum absolute atomic E-state index is 0.00354. The van der Waals surface area contributed by atoms with Crippen LogP contribution in [0, 0.1) is 0 Å². The topological polar surface area (TPSA) is 127 Å². The number of hydrogen-bond donors (Lipinski definition) is 1. The second-order valence-electron chi connectivity index (χ2n) is 19.0. The zero-order valence-corrected chi connectivity index (χ0v) is 37.1. The number of anilines is 1. The van der Waals surface area contributed by atoms with Crippen LogP contribution in [0.5, 0.6) is 0 Å². The lowest BCUT2D eigenvalue weighted by Gasteiger charge is -2.44. The molecule has 4 atom stereocenters. The van der Waals surface area contributed by atoms with Crippen molar-refractivity contribution in [1.29, 1.82) is 0 Å². The summed E-state index contributed by atoms with van der Waals surface area (Å²) in [4.78, 5) is 30.1. The molecule has 0 saturated carbocycles. The number of aromatic nitrogens is 4. The molecule has 2 aromatic rings. The Labute approximate surface area is 299 Å². The number of imidazole rings is 1. The quantitative estimate of drug-likeness (QED) is 0.227. The van der Waals surface area contributed by atoms with Crippen LogP contribution in [0.25, 0.3) is 11.2 Å². The van der Waals surface area contributed by atoms with Crippen molar-refractivity contribution in [3.8, 4) is 0 Å². The number of nitrogen functional groups attached to an aromatic ring is 1. The summed E-state index contributed by atoms with van der Waals surface area (Å²) in [7, 11) is -7.01. The fourth-order valence-corrected chi connectivity index (χ4v) is 8.98. The maximum absolute atomic E-state index is 14.6. The molecule has 1 aliphatic rings. The van der Waals surface area contributed by atoms with E-state index in [-0.39, 0.29) is 44.7 Å². The van der Waals surface area contributed by atoms with Crippen LogP contribution in [0.1, 0.15) is 107 Å². The molecule has 14 heteroatoms. The molecule has 2 N–H and O–H groups in total. The van der Waals surface area contributed by atoms with Crippen LogP contribution in [0.2, 0.25) is 54.4 Å². The molecule has 49 heavy (non-hydrogen) atoms. The molecule has 0 bridgehead atoms. The summed E-state index contributed by atoms with van der Waals surface area (Å²) in [6, 6.07) is -0.151. The predicted octanol–water partition coefficient (Wildman–Crippen LogP) is 8.37. The van der Waals surface area contributed by atoms with E-state index in [2.05, 4.69) is 112 Å². The number of ether oxygens (including phenoxy) is 1. The van der Waals surface area contributed by atoms with Gasteiger partial charge in [-0.25, -0.2) is 15.0 Å². The van der Waals surface area contributed by atoms with Crippen molar-refractivity contribution in [3.05, 3.63) is 12.2 Å². The molecule has 1 saturated heterocycles. The largest absolute Gasteiger partial charge is 0.414 e. The highest BCUT2D eigenvalue weighted by atomic mass is 28.4. The van der Waals surface area contributed by atoms with Crippen molar-refractivity contribution in [3.63, 3.8) is 0 Å². The molecule has 3 heterocycles.